The van der Waals surface area contributed by atoms with E-state index in [9.17, 15) is 0 Å². The molecule has 4 aromatic rings. The van der Waals surface area contributed by atoms with Crippen molar-refractivity contribution in [2.24, 2.45) is 5.92 Å². The third kappa shape index (κ3) is 6.75. The van der Waals surface area contributed by atoms with Crippen molar-refractivity contribution in [3.05, 3.63) is 127 Å². The first-order chi connectivity index (χ1) is 16.9. The van der Waals surface area contributed by atoms with Crippen LogP contribution in [-0.2, 0) is 4.43 Å². The van der Waals surface area contributed by atoms with Crippen LogP contribution in [0.4, 0.5) is 0 Å². The van der Waals surface area contributed by atoms with Gasteiger partial charge in [-0.2, -0.15) is 0 Å². The standard InChI is InChI=1S/C32H38OPSi.HI/c1-5-27(32(33-35(2,3)4)28-18-10-6-11-19-28)26-34(29-20-12-7-13-21-29,30-22-14-8-15-23-30)31-24-16-9-17-25-31;/h6-25,27,32H,5,26H2,1-4H3;1H/q+1;/p-1. The van der Waals surface area contributed by atoms with Crippen LogP contribution < -0.4 is 39.9 Å². The van der Waals surface area contributed by atoms with Crippen molar-refractivity contribution >= 4 is 31.5 Å². The number of rotatable bonds is 10. The summed E-state index contributed by atoms with van der Waals surface area (Å²) in [5, 5.41) is 4.32. The van der Waals surface area contributed by atoms with Crippen LogP contribution >= 0.6 is 7.26 Å². The Morgan fingerprint density at radius 1 is 0.611 bits per heavy atom. The van der Waals surface area contributed by atoms with E-state index in [0.717, 1.165) is 12.6 Å². The normalized spacial score (nSPS) is 13.4. The van der Waals surface area contributed by atoms with Crippen LogP contribution in [0.2, 0.25) is 19.6 Å². The highest BCUT2D eigenvalue weighted by Gasteiger charge is 2.48. The maximum absolute atomic E-state index is 6.99. The van der Waals surface area contributed by atoms with Crippen molar-refractivity contribution < 1.29 is 28.4 Å². The average Bonchev–Trinajstić information content (AvgIpc) is 2.90. The molecule has 4 rings (SSSR count). The SMILES string of the molecule is CCC(C[P+](c1ccccc1)(c1ccccc1)c1ccccc1)C(O[Si](C)(C)C)c1ccccc1.[I-]. The van der Waals surface area contributed by atoms with Gasteiger partial charge in [0.2, 0.25) is 0 Å². The quantitative estimate of drug-likeness (QED) is 0.143. The lowest BCUT2D eigenvalue weighted by molar-refractivity contribution is -0.00000877. The Bertz CT molecular complexity index is 1070. The Balaban J connectivity index is 0.00000361. The molecule has 0 saturated carbocycles. The largest absolute Gasteiger partial charge is 1.00 e. The second-order valence-electron chi connectivity index (χ2n) is 10.2. The fourth-order valence-corrected chi connectivity index (χ4v) is 10.9. The molecule has 4 aromatic carbocycles. The summed E-state index contributed by atoms with van der Waals surface area (Å²) in [6, 6.07) is 44.6. The number of hydrogen-bond acceptors (Lipinski definition) is 1. The van der Waals surface area contributed by atoms with Gasteiger partial charge < -0.3 is 28.4 Å². The molecule has 0 aliphatic rings. The summed E-state index contributed by atoms with van der Waals surface area (Å²) < 4.78 is 6.99. The Kier molecular flexibility index (Phi) is 10.5. The van der Waals surface area contributed by atoms with Gasteiger partial charge in [0.05, 0.1) is 12.3 Å². The number of benzene rings is 4. The highest BCUT2D eigenvalue weighted by atomic mass is 127. The molecule has 0 bridgehead atoms. The van der Waals surface area contributed by atoms with Gasteiger partial charge in [0.15, 0.2) is 8.32 Å². The van der Waals surface area contributed by atoms with Crippen molar-refractivity contribution in [2.75, 3.05) is 6.16 Å². The van der Waals surface area contributed by atoms with Crippen molar-refractivity contribution in [3.63, 3.8) is 0 Å². The summed E-state index contributed by atoms with van der Waals surface area (Å²) in [5.41, 5.74) is 1.30. The fourth-order valence-electron chi connectivity index (χ4n) is 5.06. The average molecular weight is 625 g/mol. The summed E-state index contributed by atoms with van der Waals surface area (Å²) >= 11 is 0. The highest BCUT2D eigenvalue weighted by molar-refractivity contribution is 7.95. The minimum absolute atomic E-state index is 0. The molecule has 0 amide bonds. The lowest BCUT2D eigenvalue weighted by Crippen LogP contribution is -3.00. The predicted octanol–water partition coefficient (Wildman–Crippen LogP) is 4.60. The molecule has 0 fully saturated rings. The molecule has 4 heteroatoms. The van der Waals surface area contributed by atoms with Crippen molar-refractivity contribution in [2.45, 2.75) is 39.1 Å². The van der Waals surface area contributed by atoms with E-state index in [-0.39, 0.29) is 30.1 Å². The van der Waals surface area contributed by atoms with Crippen LogP contribution in [0.15, 0.2) is 121 Å². The Labute approximate surface area is 236 Å². The van der Waals surface area contributed by atoms with E-state index >= 15 is 0 Å². The molecule has 0 aliphatic carbocycles. The van der Waals surface area contributed by atoms with Gasteiger partial charge >= 0.3 is 0 Å². The first kappa shape index (κ1) is 28.8. The summed E-state index contributed by atoms with van der Waals surface area (Å²) in [6.45, 7) is 9.26. The second-order valence-corrected chi connectivity index (χ2v) is 18.2. The van der Waals surface area contributed by atoms with Crippen LogP contribution in [0.1, 0.15) is 25.0 Å². The molecule has 1 nitrogen and oxygen atoms in total. The van der Waals surface area contributed by atoms with Gasteiger partial charge in [-0.3, -0.25) is 0 Å². The van der Waals surface area contributed by atoms with E-state index in [1.54, 1.807) is 0 Å². The third-order valence-electron chi connectivity index (χ3n) is 6.66. The van der Waals surface area contributed by atoms with E-state index in [1.165, 1.54) is 21.5 Å². The zero-order chi connectivity index (χ0) is 24.7. The molecular formula is C32H38IOPSi. The topological polar surface area (TPSA) is 9.23 Å². The first-order valence-electron chi connectivity index (χ1n) is 12.7. The summed E-state index contributed by atoms with van der Waals surface area (Å²) in [4.78, 5) is 0. The Morgan fingerprint density at radius 2 is 0.972 bits per heavy atom. The number of halogens is 1. The first-order valence-corrected chi connectivity index (χ1v) is 18.1. The monoisotopic (exact) mass is 624 g/mol. The zero-order valence-corrected chi connectivity index (χ0v) is 25.9. The van der Waals surface area contributed by atoms with Crippen molar-refractivity contribution in [1.82, 2.24) is 0 Å². The minimum atomic E-state index is -1.93. The lowest BCUT2D eigenvalue weighted by atomic mass is 9.95. The van der Waals surface area contributed by atoms with Crippen LogP contribution in [0.5, 0.6) is 0 Å². The summed E-state index contributed by atoms with van der Waals surface area (Å²) in [6.07, 6.45) is 2.23. The zero-order valence-electron chi connectivity index (χ0n) is 21.8. The summed E-state index contributed by atoms with van der Waals surface area (Å²) in [5.74, 6) is 0.387. The van der Waals surface area contributed by atoms with Gasteiger partial charge in [0, 0.05) is 5.92 Å². The van der Waals surface area contributed by atoms with Crippen molar-refractivity contribution in [3.8, 4) is 0 Å². The molecule has 0 radical (unpaired) electrons. The Morgan fingerprint density at radius 3 is 1.31 bits per heavy atom. The molecule has 0 heterocycles. The highest BCUT2D eigenvalue weighted by Crippen LogP contribution is 2.58. The van der Waals surface area contributed by atoms with E-state index in [0.29, 0.717) is 5.92 Å². The molecule has 0 aliphatic heterocycles. The van der Waals surface area contributed by atoms with E-state index in [2.05, 4.69) is 148 Å². The Hall–Kier alpha value is -1.78. The summed E-state index contributed by atoms with van der Waals surface area (Å²) in [7, 11) is -3.71. The van der Waals surface area contributed by atoms with Gasteiger partial charge in [-0.15, -0.1) is 0 Å². The molecule has 2 atom stereocenters. The van der Waals surface area contributed by atoms with Crippen molar-refractivity contribution in [1.29, 1.82) is 0 Å². The van der Waals surface area contributed by atoms with E-state index in [1.807, 2.05) is 0 Å². The van der Waals surface area contributed by atoms with Gasteiger partial charge in [-0.1, -0.05) is 91.9 Å². The minimum Gasteiger partial charge on any atom is -1.00 e. The van der Waals surface area contributed by atoms with Crippen LogP contribution in [0.25, 0.3) is 0 Å². The predicted molar refractivity (Wildman–Crippen MR) is 157 cm³/mol. The molecule has 0 aromatic heterocycles. The van der Waals surface area contributed by atoms with Gasteiger partial charge in [-0.25, -0.2) is 0 Å². The second kappa shape index (κ2) is 13.1. The fraction of sp³-hybridized carbons (Fsp3) is 0.250. The van der Waals surface area contributed by atoms with E-state index in [4.69, 9.17) is 4.43 Å². The molecule has 2 unspecified atom stereocenters. The molecule has 0 spiro atoms. The van der Waals surface area contributed by atoms with Gasteiger partial charge in [0.25, 0.3) is 0 Å². The third-order valence-corrected chi connectivity index (χ3v) is 12.2. The van der Waals surface area contributed by atoms with Crippen LogP contribution in [0, 0.1) is 5.92 Å². The molecule has 36 heavy (non-hydrogen) atoms. The maximum Gasteiger partial charge on any atom is 0.184 e. The molecule has 0 saturated heterocycles. The smallest absolute Gasteiger partial charge is 0.184 e. The van der Waals surface area contributed by atoms with Gasteiger partial charge in [0.1, 0.15) is 23.2 Å². The molecular weight excluding hydrogens is 586 g/mol. The molecule has 188 valence electrons. The lowest BCUT2D eigenvalue weighted by Gasteiger charge is -2.36. The molecule has 0 N–H and O–H groups in total. The number of hydrogen-bond donors (Lipinski definition) is 0. The van der Waals surface area contributed by atoms with E-state index < -0.39 is 15.6 Å². The van der Waals surface area contributed by atoms with Gasteiger partial charge in [-0.05, 0) is 68.0 Å². The maximum atomic E-state index is 6.99. The van der Waals surface area contributed by atoms with Crippen LogP contribution in [-0.4, -0.2) is 14.5 Å². The van der Waals surface area contributed by atoms with Crippen LogP contribution in [0.3, 0.4) is 0 Å².